The van der Waals surface area contributed by atoms with Gasteiger partial charge in [-0.05, 0) is 35.6 Å². The molecule has 0 aliphatic carbocycles. The predicted molar refractivity (Wildman–Crippen MR) is 89.2 cm³/mol. The Morgan fingerprint density at radius 2 is 1.88 bits per heavy atom. The van der Waals surface area contributed by atoms with Crippen molar-refractivity contribution in [3.05, 3.63) is 57.8 Å². The van der Waals surface area contributed by atoms with Crippen molar-refractivity contribution in [2.75, 3.05) is 6.54 Å². The van der Waals surface area contributed by atoms with E-state index in [0.29, 0.717) is 23.4 Å². The van der Waals surface area contributed by atoms with Gasteiger partial charge in [0.25, 0.3) is 5.91 Å². The van der Waals surface area contributed by atoms with Crippen molar-refractivity contribution < 1.29 is 22.8 Å². The molecule has 0 radical (unpaired) electrons. The number of carbonyl (C=O) groups excluding carboxylic acids is 2. The van der Waals surface area contributed by atoms with Gasteiger partial charge in [-0.1, -0.05) is 18.2 Å². The van der Waals surface area contributed by atoms with E-state index >= 15 is 0 Å². The van der Waals surface area contributed by atoms with E-state index in [1.165, 1.54) is 23.5 Å². The maximum Gasteiger partial charge on any atom is 0.416 e. The van der Waals surface area contributed by atoms with Crippen molar-refractivity contribution in [1.29, 1.82) is 0 Å². The first kappa shape index (κ1) is 19.0. The Bertz CT molecular complexity index is 715. The molecule has 0 unspecified atom stereocenters. The third-order valence-electron chi connectivity index (χ3n) is 3.36. The number of benzene rings is 1. The zero-order valence-corrected chi connectivity index (χ0v) is 14.0. The Kier molecular flexibility index (Phi) is 6.58. The fourth-order valence-corrected chi connectivity index (χ4v) is 2.73. The molecule has 25 heavy (non-hydrogen) atoms. The van der Waals surface area contributed by atoms with E-state index in [-0.39, 0.29) is 24.8 Å². The van der Waals surface area contributed by atoms with Crippen LogP contribution in [0.25, 0.3) is 0 Å². The maximum atomic E-state index is 12.6. The Labute approximate surface area is 147 Å². The molecule has 0 saturated heterocycles. The quantitative estimate of drug-likeness (QED) is 0.732. The average Bonchev–Trinajstić information content (AvgIpc) is 3.11. The molecular weight excluding hydrogens is 353 g/mol. The van der Waals surface area contributed by atoms with Gasteiger partial charge in [-0.25, -0.2) is 0 Å². The molecule has 0 aliphatic heterocycles. The van der Waals surface area contributed by atoms with Crippen LogP contribution in [0.5, 0.6) is 0 Å². The number of nitrogens with one attached hydrogen (secondary N) is 2. The summed E-state index contributed by atoms with van der Waals surface area (Å²) in [5, 5.41) is 7.08. The fraction of sp³-hybridized carbons (Fsp3) is 0.294. The molecular formula is C17H17F3N2O2S. The molecule has 2 aromatic rings. The second kappa shape index (κ2) is 8.66. The minimum Gasteiger partial charge on any atom is -0.352 e. The zero-order valence-electron chi connectivity index (χ0n) is 13.2. The molecule has 0 aliphatic rings. The Morgan fingerprint density at radius 3 is 2.56 bits per heavy atom. The van der Waals surface area contributed by atoms with E-state index in [4.69, 9.17) is 0 Å². The van der Waals surface area contributed by atoms with Crippen molar-refractivity contribution in [2.45, 2.75) is 25.6 Å². The van der Waals surface area contributed by atoms with Gasteiger partial charge in [0.05, 0.1) is 10.4 Å². The topological polar surface area (TPSA) is 58.2 Å². The van der Waals surface area contributed by atoms with Crippen LogP contribution in [0.4, 0.5) is 13.2 Å². The normalized spacial score (nSPS) is 11.2. The number of rotatable bonds is 7. The van der Waals surface area contributed by atoms with Crippen LogP contribution in [0, 0.1) is 0 Å². The average molecular weight is 370 g/mol. The minimum absolute atomic E-state index is 0.0321. The molecule has 4 nitrogen and oxygen atoms in total. The van der Waals surface area contributed by atoms with E-state index < -0.39 is 11.7 Å². The first-order chi connectivity index (χ1) is 11.9. The summed E-state index contributed by atoms with van der Waals surface area (Å²) in [6, 6.07) is 8.33. The summed E-state index contributed by atoms with van der Waals surface area (Å²) >= 11 is 1.33. The number of thiophene rings is 1. The molecule has 1 aromatic carbocycles. The van der Waals surface area contributed by atoms with Crippen LogP contribution in [0.3, 0.4) is 0 Å². The van der Waals surface area contributed by atoms with Gasteiger partial charge in [0.15, 0.2) is 0 Å². The first-order valence-electron chi connectivity index (χ1n) is 7.61. The molecule has 8 heteroatoms. The predicted octanol–water partition coefficient (Wildman–Crippen LogP) is 3.59. The third kappa shape index (κ3) is 6.22. The van der Waals surface area contributed by atoms with E-state index in [1.54, 1.807) is 17.5 Å². The minimum atomic E-state index is -4.40. The zero-order chi connectivity index (χ0) is 18.3. The highest BCUT2D eigenvalue weighted by Gasteiger charge is 2.30. The molecule has 0 saturated carbocycles. The number of hydrogen-bond donors (Lipinski definition) is 2. The van der Waals surface area contributed by atoms with Crippen molar-refractivity contribution in [3.63, 3.8) is 0 Å². The lowest BCUT2D eigenvalue weighted by Gasteiger charge is -2.10. The smallest absolute Gasteiger partial charge is 0.352 e. The number of halogens is 3. The number of amides is 2. The monoisotopic (exact) mass is 370 g/mol. The Hall–Kier alpha value is -2.35. The largest absolute Gasteiger partial charge is 0.416 e. The second-order valence-electron chi connectivity index (χ2n) is 5.31. The lowest BCUT2D eigenvalue weighted by Crippen LogP contribution is -2.27. The van der Waals surface area contributed by atoms with Gasteiger partial charge in [-0.15, -0.1) is 11.3 Å². The Morgan fingerprint density at radius 1 is 1.08 bits per heavy atom. The summed E-state index contributed by atoms with van der Waals surface area (Å²) in [7, 11) is 0. The molecule has 2 amide bonds. The summed E-state index contributed by atoms with van der Waals surface area (Å²) in [5.74, 6) is -0.456. The molecule has 0 spiro atoms. The van der Waals surface area contributed by atoms with Gasteiger partial charge in [0.1, 0.15) is 0 Å². The first-order valence-corrected chi connectivity index (χ1v) is 8.49. The van der Waals surface area contributed by atoms with Gasteiger partial charge in [-0.2, -0.15) is 13.2 Å². The van der Waals surface area contributed by atoms with Crippen LogP contribution >= 0.6 is 11.3 Å². The summed E-state index contributed by atoms with van der Waals surface area (Å²) in [5.41, 5.74) is -0.357. The highest BCUT2D eigenvalue weighted by Crippen LogP contribution is 2.29. The van der Waals surface area contributed by atoms with Gasteiger partial charge in [0, 0.05) is 19.5 Å². The van der Waals surface area contributed by atoms with Crippen LogP contribution in [0.2, 0.25) is 0 Å². The summed E-state index contributed by atoms with van der Waals surface area (Å²) in [4.78, 5) is 24.0. The van der Waals surface area contributed by atoms with Crippen molar-refractivity contribution in [1.82, 2.24) is 10.6 Å². The highest BCUT2D eigenvalue weighted by atomic mass is 32.1. The molecule has 134 valence electrons. The van der Waals surface area contributed by atoms with Crippen LogP contribution in [0.15, 0.2) is 41.8 Å². The summed E-state index contributed by atoms with van der Waals surface area (Å²) in [6.07, 6.45) is -3.77. The van der Waals surface area contributed by atoms with Gasteiger partial charge in [0.2, 0.25) is 5.91 Å². The molecule has 1 aromatic heterocycles. The van der Waals surface area contributed by atoms with Crippen molar-refractivity contribution in [3.8, 4) is 0 Å². The van der Waals surface area contributed by atoms with E-state index in [0.717, 1.165) is 12.1 Å². The van der Waals surface area contributed by atoms with Gasteiger partial charge >= 0.3 is 6.18 Å². The molecule has 0 fully saturated rings. The number of carbonyl (C=O) groups is 2. The van der Waals surface area contributed by atoms with Crippen LogP contribution in [0.1, 0.15) is 33.6 Å². The number of alkyl halides is 3. The Balaban J connectivity index is 1.68. The van der Waals surface area contributed by atoms with Gasteiger partial charge < -0.3 is 10.6 Å². The number of hydrogen-bond acceptors (Lipinski definition) is 3. The summed E-state index contributed by atoms with van der Waals surface area (Å²) < 4.78 is 37.9. The molecule has 1 heterocycles. The molecule has 2 rings (SSSR count). The van der Waals surface area contributed by atoms with Gasteiger partial charge in [-0.3, -0.25) is 9.59 Å². The lowest BCUT2D eigenvalue weighted by molar-refractivity contribution is -0.137. The van der Waals surface area contributed by atoms with E-state index in [1.807, 2.05) is 0 Å². The SMILES string of the molecule is O=C(CCCNC(=O)c1cccs1)NCc1cccc(C(F)(F)F)c1. The summed E-state index contributed by atoms with van der Waals surface area (Å²) in [6.45, 7) is 0.387. The van der Waals surface area contributed by atoms with Crippen molar-refractivity contribution >= 4 is 23.2 Å². The standard InChI is InChI=1S/C17H17F3N2O2S/c18-17(19,20)13-5-1-4-12(10-13)11-22-15(23)7-2-8-21-16(24)14-6-3-9-25-14/h1,3-6,9-10H,2,7-8,11H2,(H,21,24)(H,22,23). The van der Waals surface area contributed by atoms with Crippen molar-refractivity contribution in [2.24, 2.45) is 0 Å². The third-order valence-corrected chi connectivity index (χ3v) is 4.22. The molecule has 0 atom stereocenters. The van der Waals surface area contributed by atoms with Crippen LogP contribution < -0.4 is 10.6 Å². The highest BCUT2D eigenvalue weighted by molar-refractivity contribution is 7.12. The molecule has 0 bridgehead atoms. The van der Waals surface area contributed by atoms with Crippen LogP contribution in [-0.4, -0.2) is 18.4 Å². The van der Waals surface area contributed by atoms with Crippen LogP contribution in [-0.2, 0) is 17.5 Å². The molecule has 2 N–H and O–H groups in total. The lowest BCUT2D eigenvalue weighted by atomic mass is 10.1. The van der Waals surface area contributed by atoms with E-state index in [2.05, 4.69) is 10.6 Å². The second-order valence-corrected chi connectivity index (χ2v) is 6.26. The maximum absolute atomic E-state index is 12.6. The fourth-order valence-electron chi connectivity index (χ4n) is 2.09. The van der Waals surface area contributed by atoms with E-state index in [9.17, 15) is 22.8 Å².